The van der Waals surface area contributed by atoms with Crippen molar-refractivity contribution in [3.8, 4) is 0 Å². The fraction of sp³-hybridized carbons (Fsp3) is 0.333. The van der Waals surface area contributed by atoms with Crippen molar-refractivity contribution in [2.45, 2.75) is 29.7 Å². The number of ether oxygens (including phenoxy) is 1. The van der Waals surface area contributed by atoms with E-state index in [2.05, 4.69) is 30.9 Å². The summed E-state index contributed by atoms with van der Waals surface area (Å²) >= 11 is 3.13. The fourth-order valence-corrected chi connectivity index (χ4v) is 5.33. The quantitative estimate of drug-likeness (QED) is 0.588. The van der Waals surface area contributed by atoms with Gasteiger partial charge in [-0.3, -0.25) is 0 Å². The third-order valence-corrected chi connectivity index (χ3v) is 7.07. The van der Waals surface area contributed by atoms with Crippen molar-refractivity contribution in [1.29, 1.82) is 0 Å². The van der Waals surface area contributed by atoms with E-state index in [1.54, 1.807) is 6.92 Å². The molecular formula is C18H19BrFN5O3S. The lowest BCUT2D eigenvalue weighted by atomic mass is 10.3. The Morgan fingerprint density at radius 1 is 1.38 bits per heavy atom. The number of nitrogen functional groups attached to an aromatic ring is 1. The smallest absolute Gasteiger partial charge is 0.215 e. The molecule has 11 heteroatoms. The molecule has 2 aromatic heterocycles. The molecule has 1 atom stereocenters. The maximum atomic E-state index is 14.4. The van der Waals surface area contributed by atoms with Gasteiger partial charge in [-0.25, -0.2) is 22.8 Å². The van der Waals surface area contributed by atoms with Gasteiger partial charge in [-0.2, -0.15) is 0 Å². The van der Waals surface area contributed by atoms with Crippen LogP contribution in [0, 0.1) is 12.7 Å². The molecule has 0 unspecified atom stereocenters. The Morgan fingerprint density at radius 3 is 2.83 bits per heavy atom. The molecule has 3 aromatic rings. The van der Waals surface area contributed by atoms with Gasteiger partial charge in [0.25, 0.3) is 0 Å². The molecule has 3 heterocycles. The number of rotatable bonds is 3. The average molecular weight is 484 g/mol. The minimum Gasteiger partial charge on any atom is -0.384 e. The lowest BCUT2D eigenvalue weighted by molar-refractivity contribution is 0.0530. The van der Waals surface area contributed by atoms with E-state index in [1.165, 1.54) is 12.1 Å². The second-order valence-electron chi connectivity index (χ2n) is 6.89. The second kappa shape index (κ2) is 7.22. The van der Waals surface area contributed by atoms with Crippen LogP contribution in [-0.2, 0) is 14.6 Å². The highest BCUT2D eigenvalue weighted by Crippen LogP contribution is 2.37. The van der Waals surface area contributed by atoms with Crippen LogP contribution in [0.4, 0.5) is 16.0 Å². The third-order valence-electron chi connectivity index (χ3n) is 4.71. The Bertz CT molecular complexity index is 1210. The highest BCUT2D eigenvalue weighted by molar-refractivity contribution is 9.10. The van der Waals surface area contributed by atoms with Crippen LogP contribution in [0.25, 0.3) is 11.0 Å². The van der Waals surface area contributed by atoms with E-state index in [1.807, 2.05) is 11.8 Å². The number of nitrogens with one attached hydrogen (secondary N) is 1. The van der Waals surface area contributed by atoms with Gasteiger partial charge in [0.1, 0.15) is 38.3 Å². The van der Waals surface area contributed by atoms with Gasteiger partial charge in [-0.1, -0.05) is 15.9 Å². The van der Waals surface area contributed by atoms with Gasteiger partial charge in [-0.15, -0.1) is 0 Å². The zero-order valence-electron chi connectivity index (χ0n) is 15.7. The Labute approximate surface area is 175 Å². The maximum absolute atomic E-state index is 14.4. The zero-order valence-corrected chi connectivity index (χ0v) is 18.1. The van der Waals surface area contributed by atoms with Crippen LogP contribution >= 0.6 is 15.9 Å². The number of H-pyrrole nitrogens is 1. The molecule has 0 aliphatic carbocycles. The van der Waals surface area contributed by atoms with Gasteiger partial charge in [0.15, 0.2) is 5.82 Å². The van der Waals surface area contributed by atoms with Crippen LogP contribution in [0.5, 0.6) is 0 Å². The predicted octanol–water partition coefficient (Wildman–Crippen LogP) is 2.81. The highest BCUT2D eigenvalue weighted by Gasteiger charge is 2.32. The number of benzene rings is 1. The van der Waals surface area contributed by atoms with Crippen molar-refractivity contribution in [3.05, 3.63) is 34.3 Å². The number of aryl methyl sites for hydroxylation is 1. The highest BCUT2D eigenvalue weighted by atomic mass is 79.9. The van der Waals surface area contributed by atoms with E-state index < -0.39 is 20.5 Å². The summed E-state index contributed by atoms with van der Waals surface area (Å²) in [6, 6.07) is 3.76. The number of aromatic nitrogens is 3. The molecule has 1 aliphatic rings. The van der Waals surface area contributed by atoms with E-state index in [0.717, 1.165) is 6.07 Å². The first-order valence-electron chi connectivity index (χ1n) is 8.91. The minimum atomic E-state index is -4.26. The first-order chi connectivity index (χ1) is 13.7. The molecule has 0 bridgehead atoms. The monoisotopic (exact) mass is 483 g/mol. The number of hydrogen-bond acceptors (Lipinski definition) is 7. The molecule has 1 fully saturated rings. The van der Waals surface area contributed by atoms with Gasteiger partial charge < -0.3 is 20.4 Å². The first-order valence-corrected chi connectivity index (χ1v) is 11.2. The SMILES string of the molecule is Cc1nc(N2CCO[C@@H](C)C2)c2[nH]c(N)c(S(=O)(=O)c3ccc(Br)cc3F)c2n1. The molecule has 4 rings (SSSR count). The molecule has 0 radical (unpaired) electrons. The summed E-state index contributed by atoms with van der Waals surface area (Å²) in [5, 5.41) is 0. The van der Waals surface area contributed by atoms with Crippen molar-refractivity contribution in [3.63, 3.8) is 0 Å². The average Bonchev–Trinajstić information content (AvgIpc) is 2.97. The number of nitrogens with two attached hydrogens (primary N) is 1. The van der Waals surface area contributed by atoms with Gasteiger partial charge in [0.2, 0.25) is 9.84 Å². The lowest BCUT2D eigenvalue weighted by Gasteiger charge is -2.32. The molecule has 29 heavy (non-hydrogen) atoms. The maximum Gasteiger partial charge on any atom is 0.215 e. The number of anilines is 2. The summed E-state index contributed by atoms with van der Waals surface area (Å²) in [4.78, 5) is 13.0. The van der Waals surface area contributed by atoms with E-state index in [9.17, 15) is 12.8 Å². The van der Waals surface area contributed by atoms with Crippen LogP contribution in [0.1, 0.15) is 12.7 Å². The molecule has 1 aliphatic heterocycles. The molecule has 3 N–H and O–H groups in total. The lowest BCUT2D eigenvalue weighted by Crippen LogP contribution is -2.41. The van der Waals surface area contributed by atoms with Crippen LogP contribution in [0.3, 0.4) is 0 Å². The number of hydrogen-bond donors (Lipinski definition) is 2. The molecule has 0 saturated carbocycles. The van der Waals surface area contributed by atoms with Gasteiger partial charge in [0.05, 0.1) is 12.7 Å². The number of fused-ring (bicyclic) bond motifs is 1. The minimum absolute atomic E-state index is 0.00134. The van der Waals surface area contributed by atoms with Crippen LogP contribution < -0.4 is 10.6 Å². The predicted molar refractivity (Wildman–Crippen MR) is 110 cm³/mol. The van der Waals surface area contributed by atoms with E-state index in [0.29, 0.717) is 41.3 Å². The Morgan fingerprint density at radius 2 is 2.14 bits per heavy atom. The van der Waals surface area contributed by atoms with Crippen molar-refractivity contribution in [2.75, 3.05) is 30.3 Å². The van der Waals surface area contributed by atoms with Crippen molar-refractivity contribution >= 4 is 48.4 Å². The number of sulfone groups is 1. The summed E-state index contributed by atoms with van der Waals surface area (Å²) in [5.41, 5.74) is 6.60. The Hall–Kier alpha value is -2.24. The Kier molecular flexibility index (Phi) is 4.99. The molecule has 154 valence electrons. The summed E-state index contributed by atoms with van der Waals surface area (Å²) in [6.45, 7) is 5.34. The number of aromatic amines is 1. The molecule has 8 nitrogen and oxygen atoms in total. The number of halogens is 2. The fourth-order valence-electron chi connectivity index (χ4n) is 3.47. The second-order valence-corrected chi connectivity index (χ2v) is 9.66. The largest absolute Gasteiger partial charge is 0.384 e. The number of morpholine rings is 1. The molecule has 0 spiro atoms. The molecule has 1 saturated heterocycles. The van der Waals surface area contributed by atoms with Crippen molar-refractivity contribution < 1.29 is 17.5 Å². The third kappa shape index (κ3) is 3.47. The van der Waals surface area contributed by atoms with E-state index >= 15 is 0 Å². The van der Waals surface area contributed by atoms with Crippen LogP contribution in [0.15, 0.2) is 32.5 Å². The van der Waals surface area contributed by atoms with E-state index in [4.69, 9.17) is 10.5 Å². The van der Waals surface area contributed by atoms with Gasteiger partial charge >= 0.3 is 0 Å². The molecule has 0 amide bonds. The van der Waals surface area contributed by atoms with Gasteiger partial charge in [-0.05, 0) is 32.0 Å². The molecule has 1 aromatic carbocycles. The van der Waals surface area contributed by atoms with Crippen LogP contribution in [0.2, 0.25) is 0 Å². The van der Waals surface area contributed by atoms with E-state index in [-0.39, 0.29) is 22.3 Å². The summed E-state index contributed by atoms with van der Waals surface area (Å²) in [6.07, 6.45) is 0.00134. The molecular weight excluding hydrogens is 465 g/mol. The standard InChI is InChI=1S/C18H19BrFN5O3S/c1-9-8-25(5-6-28-9)18-15-14(22-10(2)23-18)16(17(21)24-15)29(26,27)13-4-3-11(19)7-12(13)20/h3-4,7,9,24H,5-6,8,21H2,1-2H3/t9-/m0/s1. The topological polar surface area (TPSA) is 114 Å². The summed E-state index contributed by atoms with van der Waals surface area (Å²) < 4.78 is 47.0. The number of nitrogens with zero attached hydrogens (tertiary/aromatic N) is 3. The summed E-state index contributed by atoms with van der Waals surface area (Å²) in [7, 11) is -4.26. The normalized spacial score (nSPS) is 17.8. The van der Waals surface area contributed by atoms with Crippen LogP contribution in [-0.4, -0.2) is 49.2 Å². The first kappa shape index (κ1) is 20.0. The summed E-state index contributed by atoms with van der Waals surface area (Å²) in [5.74, 6) is -0.0450. The van der Waals surface area contributed by atoms with Crippen molar-refractivity contribution in [2.24, 2.45) is 0 Å². The zero-order chi connectivity index (χ0) is 20.9. The Balaban J connectivity index is 1.93. The van der Waals surface area contributed by atoms with Crippen molar-refractivity contribution in [1.82, 2.24) is 15.0 Å². The van der Waals surface area contributed by atoms with Gasteiger partial charge in [0, 0.05) is 17.6 Å².